The third kappa shape index (κ3) is 1.42. The van der Waals surface area contributed by atoms with E-state index in [0.29, 0.717) is 5.95 Å². The number of aromatic nitrogens is 3. The summed E-state index contributed by atoms with van der Waals surface area (Å²) in [5.74, 6) is 0.381. The summed E-state index contributed by atoms with van der Waals surface area (Å²) < 4.78 is 2.51. The predicted molar refractivity (Wildman–Crippen MR) is 53.5 cm³/mol. The maximum absolute atomic E-state index is 5.61. The summed E-state index contributed by atoms with van der Waals surface area (Å²) in [6.07, 6.45) is 1.43. The molecule has 2 N–H and O–H groups in total. The number of rotatable bonds is 1. The molecule has 5 heteroatoms. The first kappa shape index (κ1) is 8.25. The fourth-order valence-corrected chi connectivity index (χ4v) is 1.51. The Hall–Kier alpha value is -1.36. The van der Waals surface area contributed by atoms with Crippen LogP contribution in [0.25, 0.3) is 5.69 Å². The molecule has 0 bridgehead atoms. The normalized spacial score (nSPS) is 10.2. The Morgan fingerprint density at radius 3 is 2.69 bits per heavy atom. The van der Waals surface area contributed by atoms with Gasteiger partial charge in [0, 0.05) is 4.47 Å². The van der Waals surface area contributed by atoms with Crippen molar-refractivity contribution in [2.24, 2.45) is 0 Å². The van der Waals surface area contributed by atoms with Crippen LogP contribution in [0.5, 0.6) is 0 Å². The van der Waals surface area contributed by atoms with Crippen LogP contribution in [0.15, 0.2) is 35.1 Å². The molecule has 0 fully saturated rings. The first-order valence-electron chi connectivity index (χ1n) is 3.69. The van der Waals surface area contributed by atoms with Crippen LogP contribution < -0.4 is 5.73 Å². The third-order valence-electron chi connectivity index (χ3n) is 1.65. The van der Waals surface area contributed by atoms with Crippen molar-refractivity contribution in [2.75, 3.05) is 5.73 Å². The summed E-state index contributed by atoms with van der Waals surface area (Å²) in [4.78, 5) is 3.84. The van der Waals surface area contributed by atoms with Gasteiger partial charge in [-0.25, -0.2) is 0 Å². The van der Waals surface area contributed by atoms with E-state index in [9.17, 15) is 0 Å². The van der Waals surface area contributed by atoms with Gasteiger partial charge in [-0.15, -0.1) is 0 Å². The smallest absolute Gasteiger partial charge is 0.223 e. The average Bonchev–Trinajstić information content (AvgIpc) is 2.52. The van der Waals surface area contributed by atoms with Crippen LogP contribution in [0, 0.1) is 0 Å². The molecule has 0 aliphatic carbocycles. The van der Waals surface area contributed by atoms with E-state index in [2.05, 4.69) is 26.0 Å². The molecule has 1 aromatic heterocycles. The van der Waals surface area contributed by atoms with Gasteiger partial charge in [-0.2, -0.15) is 14.8 Å². The number of nitrogens with zero attached hydrogens (tertiary/aromatic N) is 3. The maximum atomic E-state index is 5.61. The highest BCUT2D eigenvalue weighted by atomic mass is 79.9. The van der Waals surface area contributed by atoms with Crippen LogP contribution in [-0.2, 0) is 0 Å². The molecule has 0 saturated carbocycles. The summed E-state index contributed by atoms with van der Waals surface area (Å²) in [5, 5.41) is 4.00. The van der Waals surface area contributed by atoms with Gasteiger partial charge in [0.2, 0.25) is 5.95 Å². The monoisotopic (exact) mass is 238 g/mol. The third-order valence-corrected chi connectivity index (χ3v) is 2.33. The zero-order valence-electron chi connectivity index (χ0n) is 6.68. The van der Waals surface area contributed by atoms with Crippen LogP contribution in [-0.4, -0.2) is 14.8 Å². The molecular formula is C8H7BrN4. The van der Waals surface area contributed by atoms with E-state index in [1.54, 1.807) is 4.68 Å². The van der Waals surface area contributed by atoms with Crippen LogP contribution in [0.2, 0.25) is 0 Å². The van der Waals surface area contributed by atoms with Gasteiger partial charge in [0.25, 0.3) is 0 Å². The Bertz CT molecular complexity index is 424. The quantitative estimate of drug-likeness (QED) is 0.822. The molecule has 4 nitrogen and oxygen atoms in total. The van der Waals surface area contributed by atoms with Gasteiger partial charge in [0.05, 0.1) is 5.69 Å². The second-order valence-electron chi connectivity index (χ2n) is 2.48. The molecule has 66 valence electrons. The van der Waals surface area contributed by atoms with Crippen molar-refractivity contribution in [2.45, 2.75) is 0 Å². The molecule has 0 amide bonds. The molecule has 1 heterocycles. The van der Waals surface area contributed by atoms with E-state index in [-0.39, 0.29) is 0 Å². The predicted octanol–water partition coefficient (Wildman–Crippen LogP) is 1.61. The molecule has 1 aromatic carbocycles. The fraction of sp³-hybridized carbons (Fsp3) is 0. The molecule has 2 rings (SSSR count). The molecule has 0 aliphatic rings. The molecular weight excluding hydrogens is 232 g/mol. The lowest BCUT2D eigenvalue weighted by atomic mass is 10.3. The first-order valence-corrected chi connectivity index (χ1v) is 4.49. The Morgan fingerprint density at radius 2 is 2.08 bits per heavy atom. The molecule has 13 heavy (non-hydrogen) atoms. The van der Waals surface area contributed by atoms with Gasteiger partial charge in [0.15, 0.2) is 0 Å². The number of para-hydroxylation sites is 1. The number of hydrogen-bond donors (Lipinski definition) is 1. The van der Waals surface area contributed by atoms with Crippen molar-refractivity contribution in [3.05, 3.63) is 35.1 Å². The van der Waals surface area contributed by atoms with Crippen LogP contribution in [0.3, 0.4) is 0 Å². The lowest BCUT2D eigenvalue weighted by Crippen LogP contribution is -2.02. The number of nitrogen functional groups attached to an aromatic ring is 1. The molecule has 0 spiro atoms. The average molecular weight is 239 g/mol. The SMILES string of the molecule is Nc1ncnn1-c1ccccc1Br. The van der Waals surface area contributed by atoms with Crippen LogP contribution in [0.1, 0.15) is 0 Å². The summed E-state index contributed by atoms with van der Waals surface area (Å²) in [5.41, 5.74) is 6.50. The highest BCUT2D eigenvalue weighted by Gasteiger charge is 2.04. The van der Waals surface area contributed by atoms with Crippen molar-refractivity contribution in [3.8, 4) is 5.69 Å². The number of halogens is 1. The van der Waals surface area contributed by atoms with E-state index >= 15 is 0 Å². The number of anilines is 1. The molecule has 2 aromatic rings. The highest BCUT2D eigenvalue weighted by molar-refractivity contribution is 9.10. The first-order chi connectivity index (χ1) is 6.29. The molecule has 0 aliphatic heterocycles. The van der Waals surface area contributed by atoms with E-state index in [0.717, 1.165) is 10.2 Å². The zero-order valence-corrected chi connectivity index (χ0v) is 8.27. The van der Waals surface area contributed by atoms with E-state index in [1.807, 2.05) is 24.3 Å². The Morgan fingerprint density at radius 1 is 1.31 bits per heavy atom. The van der Waals surface area contributed by atoms with Crippen molar-refractivity contribution >= 4 is 21.9 Å². The van der Waals surface area contributed by atoms with Gasteiger partial charge in [-0.1, -0.05) is 12.1 Å². The second-order valence-corrected chi connectivity index (χ2v) is 3.34. The lowest BCUT2D eigenvalue weighted by molar-refractivity contribution is 0.886. The standard InChI is InChI=1S/C8H7BrN4/c9-6-3-1-2-4-7(6)13-8(10)11-5-12-13/h1-5H,(H2,10,11,12). The van der Waals surface area contributed by atoms with Crippen molar-refractivity contribution in [1.82, 2.24) is 14.8 Å². The largest absolute Gasteiger partial charge is 0.368 e. The Labute approximate surface area is 83.5 Å². The summed E-state index contributed by atoms with van der Waals surface area (Å²) in [7, 11) is 0. The van der Waals surface area contributed by atoms with Gasteiger partial charge in [0.1, 0.15) is 6.33 Å². The topological polar surface area (TPSA) is 56.7 Å². The molecule has 0 saturated heterocycles. The lowest BCUT2D eigenvalue weighted by Gasteiger charge is -2.03. The Kier molecular flexibility index (Phi) is 2.02. The van der Waals surface area contributed by atoms with Gasteiger partial charge in [-0.3, -0.25) is 0 Å². The molecule has 0 atom stereocenters. The molecule has 0 unspecified atom stereocenters. The van der Waals surface area contributed by atoms with Crippen molar-refractivity contribution in [3.63, 3.8) is 0 Å². The van der Waals surface area contributed by atoms with Gasteiger partial charge in [-0.05, 0) is 28.1 Å². The van der Waals surface area contributed by atoms with E-state index in [4.69, 9.17) is 5.73 Å². The van der Waals surface area contributed by atoms with Crippen molar-refractivity contribution in [1.29, 1.82) is 0 Å². The number of benzene rings is 1. The summed E-state index contributed by atoms with van der Waals surface area (Å²) in [6, 6.07) is 7.69. The van der Waals surface area contributed by atoms with Crippen LogP contribution >= 0.6 is 15.9 Å². The Balaban J connectivity index is 2.59. The van der Waals surface area contributed by atoms with Crippen molar-refractivity contribution < 1.29 is 0 Å². The molecule has 0 radical (unpaired) electrons. The highest BCUT2D eigenvalue weighted by Crippen LogP contribution is 2.20. The van der Waals surface area contributed by atoms with E-state index in [1.165, 1.54) is 6.33 Å². The summed E-state index contributed by atoms with van der Waals surface area (Å²) in [6.45, 7) is 0. The summed E-state index contributed by atoms with van der Waals surface area (Å²) >= 11 is 3.41. The maximum Gasteiger partial charge on any atom is 0.223 e. The second kappa shape index (κ2) is 3.18. The van der Waals surface area contributed by atoms with Gasteiger partial charge < -0.3 is 5.73 Å². The zero-order chi connectivity index (χ0) is 9.26. The van der Waals surface area contributed by atoms with E-state index < -0.39 is 0 Å². The number of hydrogen-bond acceptors (Lipinski definition) is 3. The van der Waals surface area contributed by atoms with Crippen LogP contribution in [0.4, 0.5) is 5.95 Å². The fourth-order valence-electron chi connectivity index (χ4n) is 1.06. The van der Waals surface area contributed by atoms with Gasteiger partial charge >= 0.3 is 0 Å². The minimum atomic E-state index is 0.381. The minimum absolute atomic E-state index is 0.381. The minimum Gasteiger partial charge on any atom is -0.368 e. The number of nitrogens with two attached hydrogens (primary N) is 1.